The van der Waals surface area contributed by atoms with Crippen molar-refractivity contribution in [1.82, 2.24) is 0 Å². The first-order valence-electron chi connectivity index (χ1n) is 13.9. The summed E-state index contributed by atoms with van der Waals surface area (Å²) in [6.45, 7) is 8.94. The van der Waals surface area contributed by atoms with E-state index in [1.54, 1.807) is 13.0 Å². The average Bonchev–Trinajstić information content (AvgIpc) is 3.02. The fourth-order valence-electron chi connectivity index (χ4n) is 8.56. The van der Waals surface area contributed by atoms with E-state index in [1.165, 1.54) is 6.92 Å². The lowest BCUT2D eigenvalue weighted by Crippen LogP contribution is -2.62. The van der Waals surface area contributed by atoms with E-state index in [2.05, 4.69) is 6.08 Å². The van der Waals surface area contributed by atoms with E-state index < -0.39 is 40.8 Å². The predicted octanol–water partition coefficient (Wildman–Crippen LogP) is 4.06. The number of aliphatic hydroxyl groups is 1. The van der Waals surface area contributed by atoms with Crippen LogP contribution in [0, 0.1) is 23.2 Å². The van der Waals surface area contributed by atoms with Gasteiger partial charge in [0.25, 0.3) is 0 Å². The van der Waals surface area contributed by atoms with Gasteiger partial charge in [-0.1, -0.05) is 23.3 Å². The van der Waals surface area contributed by atoms with E-state index in [9.17, 15) is 19.5 Å². The van der Waals surface area contributed by atoms with Crippen molar-refractivity contribution in [2.45, 2.75) is 109 Å². The molecule has 3 saturated heterocycles. The number of allylic oxidation sites excluding steroid dienone is 4. The fraction of sp³-hybridized carbons (Fsp3) is 0.700. The minimum atomic E-state index is -1.51. The third kappa shape index (κ3) is 3.35. The van der Waals surface area contributed by atoms with Gasteiger partial charge in [-0.2, -0.15) is 0 Å². The van der Waals surface area contributed by atoms with Gasteiger partial charge in [0.15, 0.2) is 11.6 Å². The van der Waals surface area contributed by atoms with E-state index in [0.717, 1.165) is 17.6 Å². The molecule has 0 radical (unpaired) electrons. The third-order valence-electron chi connectivity index (χ3n) is 10.9. The van der Waals surface area contributed by atoms with Gasteiger partial charge in [-0.25, -0.2) is 4.79 Å². The number of hydrogen-bond acceptors (Lipinski definition) is 8. The van der Waals surface area contributed by atoms with Crippen LogP contribution in [0.4, 0.5) is 0 Å². The molecule has 2 aliphatic carbocycles. The number of carbonyl (C=O) groups excluding carboxylic acids is 3. The Morgan fingerprint density at radius 3 is 2.61 bits per heavy atom. The molecule has 8 nitrogen and oxygen atoms in total. The summed E-state index contributed by atoms with van der Waals surface area (Å²) in [6, 6.07) is 0. The van der Waals surface area contributed by atoms with Gasteiger partial charge in [-0.05, 0) is 71.8 Å². The summed E-state index contributed by atoms with van der Waals surface area (Å²) in [5.74, 6) is -3.04. The Bertz CT molecular complexity index is 1200. The van der Waals surface area contributed by atoms with Crippen molar-refractivity contribution in [3.8, 4) is 0 Å². The van der Waals surface area contributed by atoms with Crippen molar-refractivity contribution in [3.63, 3.8) is 0 Å². The molecule has 0 unspecified atom stereocenters. The Labute approximate surface area is 223 Å². The third-order valence-corrected chi connectivity index (χ3v) is 10.9. The van der Waals surface area contributed by atoms with Gasteiger partial charge in [0.1, 0.15) is 17.3 Å². The number of carbonyl (C=O) groups is 3. The SMILES string of the molecule is CC(=O)O[C@H]1O[C@@](C)([C@H]2CC(C)=C(C)C(=O)O2)[C@H]2CC[C@@]3(O)O[C@@]12CC[C@H]1[C@H]3CC=C2CC=CC(=O)[C@@]21C. The van der Waals surface area contributed by atoms with E-state index in [1.807, 2.05) is 26.8 Å². The van der Waals surface area contributed by atoms with Gasteiger partial charge in [0.2, 0.25) is 6.29 Å². The van der Waals surface area contributed by atoms with Crippen LogP contribution in [0.1, 0.15) is 79.6 Å². The molecule has 9 atom stereocenters. The molecule has 0 amide bonds. The molecule has 4 heterocycles. The van der Waals surface area contributed by atoms with Gasteiger partial charge < -0.3 is 24.1 Å². The van der Waals surface area contributed by atoms with Crippen LogP contribution in [-0.2, 0) is 33.3 Å². The quantitative estimate of drug-likeness (QED) is 0.424. The second-order valence-electron chi connectivity index (χ2n) is 12.6. The maximum atomic E-state index is 13.4. The molecule has 1 N–H and O–H groups in total. The summed E-state index contributed by atoms with van der Waals surface area (Å²) in [5.41, 5.74) is -0.188. The number of ether oxygens (including phenoxy) is 4. The lowest BCUT2D eigenvalue weighted by atomic mass is 9.55. The molecule has 6 rings (SSSR count). The monoisotopic (exact) mass is 526 g/mol. The molecule has 8 heteroatoms. The topological polar surface area (TPSA) is 108 Å². The summed E-state index contributed by atoms with van der Waals surface area (Å²) < 4.78 is 25.1. The van der Waals surface area contributed by atoms with Crippen molar-refractivity contribution >= 4 is 17.7 Å². The number of hydrogen-bond donors (Lipinski definition) is 1. The van der Waals surface area contributed by atoms with Gasteiger partial charge in [0.05, 0.1) is 5.41 Å². The highest BCUT2D eigenvalue weighted by Gasteiger charge is 2.73. The van der Waals surface area contributed by atoms with Crippen LogP contribution in [0.25, 0.3) is 0 Å². The second-order valence-corrected chi connectivity index (χ2v) is 12.6. The van der Waals surface area contributed by atoms with Crippen LogP contribution in [0.15, 0.2) is 34.9 Å². The minimum Gasteiger partial charge on any atom is -0.456 e. The number of cyclic esters (lactones) is 1. The maximum Gasteiger partial charge on any atom is 0.334 e. The van der Waals surface area contributed by atoms with E-state index >= 15 is 0 Å². The summed E-state index contributed by atoms with van der Waals surface area (Å²) >= 11 is 0. The molecule has 1 spiro atoms. The summed E-state index contributed by atoms with van der Waals surface area (Å²) in [5, 5.41) is 12.2. The van der Waals surface area contributed by atoms with Crippen molar-refractivity contribution in [3.05, 3.63) is 34.9 Å². The van der Waals surface area contributed by atoms with Gasteiger partial charge in [-0.15, -0.1) is 0 Å². The standard InChI is InChI=1S/C30H38O8/c1-16-15-24(36-25(33)17(16)2)28(5)22-12-14-30(34)21-10-9-19-7-6-8-23(32)27(19,4)20(21)11-13-29(22,38-30)26(37-28)35-18(3)31/h6,8-9,20-22,24,26,34H,7,10-15H2,1-5H3/t20-,21+,22+,24+,26-,27-,28+,29+,30+/m0/s1. The molecule has 2 bridgehead atoms. The summed E-state index contributed by atoms with van der Waals surface area (Å²) in [6.07, 6.45) is 7.86. The van der Waals surface area contributed by atoms with Gasteiger partial charge in [-0.3, -0.25) is 9.59 Å². The van der Waals surface area contributed by atoms with Crippen LogP contribution in [0.5, 0.6) is 0 Å². The summed E-state index contributed by atoms with van der Waals surface area (Å²) in [4.78, 5) is 38.3. The predicted molar refractivity (Wildman–Crippen MR) is 135 cm³/mol. The Hall–Kier alpha value is -2.29. The molecule has 38 heavy (non-hydrogen) atoms. The van der Waals surface area contributed by atoms with E-state index in [-0.39, 0.29) is 29.5 Å². The average molecular weight is 527 g/mol. The molecular formula is C30H38O8. The zero-order valence-corrected chi connectivity index (χ0v) is 22.9. The highest BCUT2D eigenvalue weighted by atomic mass is 16.8. The number of ketones is 1. The van der Waals surface area contributed by atoms with Crippen molar-refractivity contribution in [1.29, 1.82) is 0 Å². The highest BCUT2D eigenvalue weighted by molar-refractivity contribution is 5.98. The largest absolute Gasteiger partial charge is 0.456 e. The molecule has 3 fully saturated rings. The van der Waals surface area contributed by atoms with Crippen molar-refractivity contribution in [2.24, 2.45) is 23.2 Å². The minimum absolute atomic E-state index is 0.0644. The molecule has 0 aromatic heterocycles. The molecule has 4 aliphatic heterocycles. The Kier molecular flexibility index (Phi) is 5.71. The van der Waals surface area contributed by atoms with Crippen LogP contribution < -0.4 is 0 Å². The molecule has 0 aromatic rings. The first-order chi connectivity index (χ1) is 17.8. The Morgan fingerprint density at radius 2 is 1.89 bits per heavy atom. The molecule has 6 aliphatic rings. The van der Waals surface area contributed by atoms with Crippen LogP contribution in [0.2, 0.25) is 0 Å². The second kappa shape index (κ2) is 8.35. The van der Waals surface area contributed by atoms with Gasteiger partial charge in [0, 0.05) is 37.2 Å². The van der Waals surface area contributed by atoms with E-state index in [0.29, 0.717) is 44.1 Å². The number of fused-ring (bicyclic) bond motifs is 5. The molecule has 206 valence electrons. The molecule has 0 saturated carbocycles. The van der Waals surface area contributed by atoms with Crippen molar-refractivity contribution in [2.75, 3.05) is 0 Å². The number of esters is 2. The van der Waals surface area contributed by atoms with Crippen LogP contribution >= 0.6 is 0 Å². The fourth-order valence-corrected chi connectivity index (χ4v) is 8.56. The van der Waals surface area contributed by atoms with Gasteiger partial charge >= 0.3 is 11.9 Å². The zero-order chi connectivity index (χ0) is 27.3. The first-order valence-corrected chi connectivity index (χ1v) is 13.9. The lowest BCUT2D eigenvalue weighted by molar-refractivity contribution is -0.347. The highest BCUT2D eigenvalue weighted by Crippen LogP contribution is 2.65. The Balaban J connectivity index is 1.43. The van der Waals surface area contributed by atoms with Crippen LogP contribution in [0.3, 0.4) is 0 Å². The normalized spacial score (nSPS) is 47.8. The van der Waals surface area contributed by atoms with Crippen molar-refractivity contribution < 1.29 is 38.4 Å². The smallest absolute Gasteiger partial charge is 0.334 e. The zero-order valence-electron chi connectivity index (χ0n) is 22.9. The lowest BCUT2D eigenvalue weighted by Gasteiger charge is -2.53. The maximum absolute atomic E-state index is 13.4. The molecular weight excluding hydrogens is 488 g/mol. The first kappa shape index (κ1) is 26.0. The molecule has 0 aromatic carbocycles. The number of rotatable bonds is 2. The Morgan fingerprint density at radius 1 is 1.13 bits per heavy atom. The van der Waals surface area contributed by atoms with E-state index in [4.69, 9.17) is 18.9 Å². The summed E-state index contributed by atoms with van der Waals surface area (Å²) in [7, 11) is 0. The van der Waals surface area contributed by atoms with Crippen LogP contribution in [-0.4, -0.2) is 52.2 Å².